The first-order chi connectivity index (χ1) is 11.4. The summed E-state index contributed by atoms with van der Waals surface area (Å²) in [5.74, 6) is 0.169. The van der Waals surface area contributed by atoms with Crippen molar-refractivity contribution in [1.82, 2.24) is 10.2 Å². The summed E-state index contributed by atoms with van der Waals surface area (Å²) >= 11 is 0. The normalized spacial score (nSPS) is 16.3. The van der Waals surface area contributed by atoms with Gasteiger partial charge in [0, 0.05) is 18.2 Å². The highest BCUT2D eigenvalue weighted by Crippen LogP contribution is 2.24. The van der Waals surface area contributed by atoms with Crippen LogP contribution in [-0.4, -0.2) is 36.5 Å². The summed E-state index contributed by atoms with van der Waals surface area (Å²) in [6.45, 7) is 9.40. The molecular formula is C21H28N2O. The number of benzene rings is 2. The molecular weight excluding hydrogens is 296 g/mol. The van der Waals surface area contributed by atoms with Gasteiger partial charge in [-0.05, 0) is 54.3 Å². The van der Waals surface area contributed by atoms with Crippen LogP contribution in [-0.2, 0) is 0 Å². The fourth-order valence-corrected chi connectivity index (χ4v) is 3.48. The van der Waals surface area contributed by atoms with Crippen LogP contribution in [0.2, 0.25) is 0 Å². The highest BCUT2D eigenvalue weighted by Gasteiger charge is 2.29. The number of hydrogen-bond donors (Lipinski definition) is 1. The zero-order valence-corrected chi connectivity index (χ0v) is 15.0. The molecule has 3 rings (SSSR count). The summed E-state index contributed by atoms with van der Waals surface area (Å²) in [6, 6.07) is 14.6. The lowest BCUT2D eigenvalue weighted by molar-refractivity contribution is 0.0554. The van der Waals surface area contributed by atoms with Gasteiger partial charge in [0.25, 0.3) is 5.91 Å². The van der Waals surface area contributed by atoms with Gasteiger partial charge in [-0.3, -0.25) is 4.79 Å². The quantitative estimate of drug-likeness (QED) is 0.922. The number of fused-ring (bicyclic) bond motifs is 1. The van der Waals surface area contributed by atoms with Crippen LogP contribution in [0.5, 0.6) is 0 Å². The van der Waals surface area contributed by atoms with E-state index in [0.29, 0.717) is 6.04 Å². The maximum atomic E-state index is 13.3. The van der Waals surface area contributed by atoms with Crippen molar-refractivity contribution < 1.29 is 4.79 Å². The first-order valence-corrected chi connectivity index (χ1v) is 8.94. The predicted octanol–water partition coefficient (Wildman–Crippen LogP) is 4.08. The first-order valence-electron chi connectivity index (χ1n) is 8.94. The number of carbonyl (C=O) groups is 1. The molecule has 1 aliphatic heterocycles. The third-order valence-electron chi connectivity index (χ3n) is 4.65. The largest absolute Gasteiger partial charge is 0.335 e. The van der Waals surface area contributed by atoms with E-state index < -0.39 is 0 Å². The van der Waals surface area contributed by atoms with Crippen LogP contribution < -0.4 is 5.32 Å². The van der Waals surface area contributed by atoms with Crippen molar-refractivity contribution >= 4 is 16.7 Å². The molecule has 1 saturated heterocycles. The Morgan fingerprint density at radius 2 is 1.75 bits per heavy atom. The molecule has 0 radical (unpaired) electrons. The van der Waals surface area contributed by atoms with Gasteiger partial charge in [0.2, 0.25) is 0 Å². The average molecular weight is 324 g/mol. The molecule has 0 saturated carbocycles. The first kappa shape index (κ1) is 17.0. The molecule has 24 heavy (non-hydrogen) atoms. The zero-order chi connectivity index (χ0) is 17.2. The summed E-state index contributed by atoms with van der Waals surface area (Å²) < 4.78 is 0. The summed E-state index contributed by atoms with van der Waals surface area (Å²) in [4.78, 5) is 15.4. The Balaban J connectivity index is 1.90. The lowest BCUT2D eigenvalue weighted by Crippen LogP contribution is -2.49. The van der Waals surface area contributed by atoms with Crippen LogP contribution in [0.15, 0.2) is 42.5 Å². The van der Waals surface area contributed by atoms with Gasteiger partial charge >= 0.3 is 0 Å². The molecule has 3 heteroatoms. The van der Waals surface area contributed by atoms with E-state index in [2.05, 4.69) is 49.2 Å². The minimum atomic E-state index is 0.0946. The number of nitrogens with zero attached hydrogens (tertiary/aromatic N) is 1. The number of rotatable bonds is 3. The third kappa shape index (κ3) is 3.96. The van der Waals surface area contributed by atoms with E-state index in [-0.39, 0.29) is 11.3 Å². The molecule has 0 aromatic heterocycles. The Labute approximate surface area is 145 Å². The monoisotopic (exact) mass is 324 g/mol. The molecule has 0 atom stereocenters. The predicted molar refractivity (Wildman–Crippen MR) is 100 cm³/mol. The molecule has 0 spiro atoms. The molecule has 2 aromatic rings. The fraction of sp³-hybridized carbons (Fsp3) is 0.476. The van der Waals surface area contributed by atoms with Gasteiger partial charge < -0.3 is 10.2 Å². The Morgan fingerprint density at radius 1 is 1.08 bits per heavy atom. The van der Waals surface area contributed by atoms with E-state index in [1.165, 1.54) is 5.39 Å². The number of piperidine rings is 1. The molecule has 128 valence electrons. The number of amides is 1. The lowest BCUT2D eigenvalue weighted by Gasteiger charge is -2.38. The maximum absolute atomic E-state index is 13.3. The minimum Gasteiger partial charge on any atom is -0.335 e. The Hall–Kier alpha value is -1.87. The van der Waals surface area contributed by atoms with Crippen LogP contribution >= 0.6 is 0 Å². The van der Waals surface area contributed by atoms with E-state index in [0.717, 1.165) is 43.4 Å². The molecule has 0 unspecified atom stereocenters. The van der Waals surface area contributed by atoms with Gasteiger partial charge in [-0.1, -0.05) is 51.1 Å². The van der Waals surface area contributed by atoms with E-state index >= 15 is 0 Å². The SMILES string of the molecule is CC(C)(C)CN(C(=O)c1ccc2ccccc2c1)C1CCNCC1. The van der Waals surface area contributed by atoms with Crippen LogP contribution in [0.4, 0.5) is 0 Å². The molecule has 1 amide bonds. The molecule has 0 bridgehead atoms. The van der Waals surface area contributed by atoms with E-state index in [1.54, 1.807) is 0 Å². The van der Waals surface area contributed by atoms with E-state index in [4.69, 9.17) is 0 Å². The smallest absolute Gasteiger partial charge is 0.254 e. The standard InChI is InChI=1S/C21H28N2O/c1-21(2,3)15-23(19-10-12-22-13-11-19)20(24)18-9-8-16-6-4-5-7-17(16)14-18/h4-9,14,19,22H,10-13,15H2,1-3H3. The Bertz CT molecular complexity index is 711. The highest BCUT2D eigenvalue weighted by molar-refractivity contribution is 5.98. The molecule has 1 fully saturated rings. The minimum absolute atomic E-state index is 0.0946. The van der Waals surface area contributed by atoms with Crippen molar-refractivity contribution in [2.45, 2.75) is 39.7 Å². The topological polar surface area (TPSA) is 32.3 Å². The van der Waals surface area contributed by atoms with Crippen molar-refractivity contribution in [1.29, 1.82) is 0 Å². The average Bonchev–Trinajstić information content (AvgIpc) is 2.58. The zero-order valence-electron chi connectivity index (χ0n) is 15.0. The summed E-state index contributed by atoms with van der Waals surface area (Å²) in [5.41, 5.74) is 0.897. The van der Waals surface area contributed by atoms with E-state index in [9.17, 15) is 4.79 Å². The number of carbonyl (C=O) groups excluding carboxylic acids is 1. The second-order valence-corrected chi connectivity index (χ2v) is 8.04. The van der Waals surface area contributed by atoms with Crippen molar-refractivity contribution in [3.8, 4) is 0 Å². The van der Waals surface area contributed by atoms with Crippen LogP contribution in [0.1, 0.15) is 44.0 Å². The maximum Gasteiger partial charge on any atom is 0.254 e. The second kappa shape index (κ2) is 6.94. The summed E-state index contributed by atoms with van der Waals surface area (Å²) in [7, 11) is 0. The Morgan fingerprint density at radius 3 is 2.42 bits per heavy atom. The van der Waals surface area contributed by atoms with Gasteiger partial charge in [0.15, 0.2) is 0 Å². The van der Waals surface area contributed by atoms with Gasteiger partial charge in [-0.25, -0.2) is 0 Å². The fourth-order valence-electron chi connectivity index (χ4n) is 3.48. The van der Waals surface area contributed by atoms with E-state index in [1.807, 2.05) is 24.3 Å². The van der Waals surface area contributed by atoms with Gasteiger partial charge in [-0.15, -0.1) is 0 Å². The molecule has 3 nitrogen and oxygen atoms in total. The highest BCUT2D eigenvalue weighted by atomic mass is 16.2. The third-order valence-corrected chi connectivity index (χ3v) is 4.65. The van der Waals surface area contributed by atoms with Crippen molar-refractivity contribution in [2.75, 3.05) is 19.6 Å². The van der Waals surface area contributed by atoms with Crippen molar-refractivity contribution in [2.24, 2.45) is 5.41 Å². The number of nitrogens with one attached hydrogen (secondary N) is 1. The molecule has 0 aliphatic carbocycles. The van der Waals surface area contributed by atoms with Gasteiger partial charge in [-0.2, -0.15) is 0 Å². The van der Waals surface area contributed by atoms with Crippen LogP contribution in [0, 0.1) is 5.41 Å². The van der Waals surface area contributed by atoms with Crippen LogP contribution in [0.3, 0.4) is 0 Å². The summed E-state index contributed by atoms with van der Waals surface area (Å²) in [5, 5.41) is 5.71. The molecule has 1 aliphatic rings. The number of hydrogen-bond acceptors (Lipinski definition) is 2. The van der Waals surface area contributed by atoms with Gasteiger partial charge in [0.05, 0.1) is 0 Å². The lowest BCUT2D eigenvalue weighted by atomic mass is 9.93. The second-order valence-electron chi connectivity index (χ2n) is 8.04. The molecule has 1 N–H and O–H groups in total. The van der Waals surface area contributed by atoms with Crippen molar-refractivity contribution in [3.63, 3.8) is 0 Å². The van der Waals surface area contributed by atoms with Gasteiger partial charge in [0.1, 0.15) is 0 Å². The van der Waals surface area contributed by atoms with Crippen LogP contribution in [0.25, 0.3) is 10.8 Å². The Kier molecular flexibility index (Phi) is 4.91. The summed E-state index contributed by atoms with van der Waals surface area (Å²) in [6.07, 6.45) is 2.07. The van der Waals surface area contributed by atoms with Crippen molar-refractivity contribution in [3.05, 3.63) is 48.0 Å². The molecule has 2 aromatic carbocycles. The molecule has 1 heterocycles.